The molecule has 3 rings (SSSR count). The number of nitrogens with zero attached hydrogens (tertiary/aromatic N) is 3. The van der Waals surface area contributed by atoms with Gasteiger partial charge in [0.2, 0.25) is 0 Å². The Hall–Kier alpha value is -2.38. The van der Waals surface area contributed by atoms with Crippen molar-refractivity contribution in [2.45, 2.75) is 6.54 Å². The second-order valence-electron chi connectivity index (χ2n) is 5.34. The molecule has 22 heavy (non-hydrogen) atoms. The number of aromatic amines is 1. The summed E-state index contributed by atoms with van der Waals surface area (Å²) in [6, 6.07) is 9.26. The molecule has 0 atom stereocenters. The Morgan fingerprint density at radius 3 is 2.77 bits per heavy atom. The van der Waals surface area contributed by atoms with E-state index in [2.05, 4.69) is 25.2 Å². The third-order valence-electron chi connectivity index (χ3n) is 3.82. The molecule has 1 saturated heterocycles. The first-order valence-corrected chi connectivity index (χ1v) is 7.26. The van der Waals surface area contributed by atoms with Gasteiger partial charge in [-0.05, 0) is 17.7 Å². The molecule has 1 aliphatic rings. The predicted octanol–water partition coefficient (Wildman–Crippen LogP) is 0.893. The number of H-pyrrole nitrogens is 1. The van der Waals surface area contributed by atoms with Crippen LogP contribution in [0.5, 0.6) is 0 Å². The van der Waals surface area contributed by atoms with Crippen molar-refractivity contribution in [3.05, 3.63) is 52.6 Å². The summed E-state index contributed by atoms with van der Waals surface area (Å²) in [6.45, 7) is 4.34. The third kappa shape index (κ3) is 3.44. The van der Waals surface area contributed by atoms with Crippen LogP contribution in [0.3, 0.4) is 0 Å². The lowest BCUT2D eigenvalue weighted by Crippen LogP contribution is -2.46. The van der Waals surface area contributed by atoms with Crippen molar-refractivity contribution in [3.8, 4) is 0 Å². The number of piperazine rings is 1. The van der Waals surface area contributed by atoms with E-state index in [4.69, 9.17) is 5.21 Å². The van der Waals surface area contributed by atoms with Crippen molar-refractivity contribution >= 4 is 11.5 Å². The monoisotopic (exact) mass is 301 g/mol. The van der Waals surface area contributed by atoms with Crippen LogP contribution in [0.1, 0.15) is 5.56 Å². The van der Waals surface area contributed by atoms with Gasteiger partial charge >= 0.3 is 0 Å². The van der Waals surface area contributed by atoms with Crippen LogP contribution in [0, 0.1) is 0 Å². The van der Waals surface area contributed by atoms with Crippen molar-refractivity contribution in [3.63, 3.8) is 0 Å². The first-order valence-electron chi connectivity index (χ1n) is 7.26. The van der Waals surface area contributed by atoms with Crippen LogP contribution >= 0.6 is 0 Å². The quantitative estimate of drug-likeness (QED) is 0.728. The van der Waals surface area contributed by atoms with Gasteiger partial charge < -0.3 is 9.88 Å². The minimum Gasteiger partial charge on any atom is -0.354 e. The molecule has 0 aliphatic carbocycles. The zero-order valence-electron chi connectivity index (χ0n) is 12.2. The van der Waals surface area contributed by atoms with Gasteiger partial charge in [0.05, 0.1) is 12.0 Å². The summed E-state index contributed by atoms with van der Waals surface area (Å²) >= 11 is 0. The molecule has 1 aliphatic heterocycles. The molecule has 0 spiro atoms. The van der Waals surface area contributed by atoms with E-state index >= 15 is 0 Å². The second kappa shape index (κ2) is 6.59. The highest BCUT2D eigenvalue weighted by Crippen LogP contribution is 2.15. The van der Waals surface area contributed by atoms with Gasteiger partial charge in [-0.25, -0.2) is 4.98 Å². The van der Waals surface area contributed by atoms with Crippen molar-refractivity contribution in [1.29, 1.82) is 0 Å². The first-order chi connectivity index (χ1) is 10.7. The number of hydrogen-bond donors (Lipinski definition) is 3. The van der Waals surface area contributed by atoms with Crippen LogP contribution < -0.4 is 15.9 Å². The lowest BCUT2D eigenvalue weighted by atomic mass is 10.1. The molecule has 2 aromatic rings. The van der Waals surface area contributed by atoms with Gasteiger partial charge in [0.1, 0.15) is 5.82 Å². The third-order valence-corrected chi connectivity index (χ3v) is 3.82. The lowest BCUT2D eigenvalue weighted by Gasteiger charge is -2.35. The largest absolute Gasteiger partial charge is 0.354 e. The van der Waals surface area contributed by atoms with Crippen molar-refractivity contribution < 1.29 is 5.21 Å². The highest BCUT2D eigenvalue weighted by Gasteiger charge is 2.18. The molecule has 7 heteroatoms. The van der Waals surface area contributed by atoms with Gasteiger partial charge in [-0.2, -0.15) is 0 Å². The molecule has 0 saturated carbocycles. The number of benzene rings is 1. The maximum absolute atomic E-state index is 11.3. The molecule has 0 radical (unpaired) electrons. The van der Waals surface area contributed by atoms with Gasteiger partial charge in [0.15, 0.2) is 0 Å². The fourth-order valence-electron chi connectivity index (χ4n) is 2.66. The highest BCUT2D eigenvalue weighted by molar-refractivity contribution is 5.43. The molecule has 116 valence electrons. The van der Waals surface area contributed by atoms with Gasteiger partial charge in [-0.1, -0.05) is 12.1 Å². The molecule has 1 fully saturated rings. The minimum atomic E-state index is -0.124. The summed E-state index contributed by atoms with van der Waals surface area (Å²) in [5.74, 6) is 0.731. The fourth-order valence-corrected chi connectivity index (χ4v) is 2.66. The summed E-state index contributed by atoms with van der Waals surface area (Å²) in [7, 11) is 0. The molecule has 2 heterocycles. The van der Waals surface area contributed by atoms with E-state index < -0.39 is 0 Å². The standard InChI is InChI=1S/C15H19N5O2/c21-15-9-14(16-11-17-15)20-6-4-19(5-7-20)10-12-2-1-3-13(8-12)18-22/h1-3,8-9,11,18,22H,4-7,10H2,(H,16,17,21). The van der Waals surface area contributed by atoms with E-state index in [9.17, 15) is 4.79 Å². The van der Waals surface area contributed by atoms with Gasteiger partial charge in [0, 0.05) is 38.8 Å². The molecule has 3 N–H and O–H groups in total. The van der Waals surface area contributed by atoms with Crippen molar-refractivity contribution in [1.82, 2.24) is 14.9 Å². The number of aromatic nitrogens is 2. The van der Waals surface area contributed by atoms with Crippen molar-refractivity contribution in [2.24, 2.45) is 0 Å². The average molecular weight is 301 g/mol. The minimum absolute atomic E-state index is 0.124. The summed E-state index contributed by atoms with van der Waals surface area (Å²) in [5.41, 5.74) is 3.90. The zero-order valence-corrected chi connectivity index (χ0v) is 12.2. The van der Waals surface area contributed by atoms with Crippen LogP contribution in [0.4, 0.5) is 11.5 Å². The van der Waals surface area contributed by atoms with Gasteiger partial charge in [0.25, 0.3) is 5.56 Å². The number of anilines is 2. The molecule has 0 unspecified atom stereocenters. The fraction of sp³-hybridized carbons (Fsp3) is 0.333. The first kappa shape index (κ1) is 14.6. The van der Waals surface area contributed by atoms with Crippen LogP contribution in [-0.2, 0) is 6.54 Å². The maximum Gasteiger partial charge on any atom is 0.252 e. The number of hydrogen-bond acceptors (Lipinski definition) is 6. The average Bonchev–Trinajstić information content (AvgIpc) is 2.56. The summed E-state index contributed by atoms with van der Waals surface area (Å²) < 4.78 is 0. The summed E-state index contributed by atoms with van der Waals surface area (Å²) in [6.07, 6.45) is 1.44. The Morgan fingerprint density at radius 2 is 2.05 bits per heavy atom. The molecular formula is C15H19N5O2. The van der Waals surface area contributed by atoms with Crippen molar-refractivity contribution in [2.75, 3.05) is 36.6 Å². The number of nitrogens with one attached hydrogen (secondary N) is 2. The molecule has 7 nitrogen and oxygen atoms in total. The van der Waals surface area contributed by atoms with Crippen LogP contribution in [0.2, 0.25) is 0 Å². The Bertz CT molecular complexity index is 679. The van der Waals surface area contributed by atoms with Gasteiger partial charge in [-0.3, -0.25) is 20.4 Å². The summed E-state index contributed by atoms with van der Waals surface area (Å²) in [4.78, 5) is 22.6. The smallest absolute Gasteiger partial charge is 0.252 e. The van der Waals surface area contributed by atoms with E-state index in [1.54, 1.807) is 0 Å². The molecular weight excluding hydrogens is 282 g/mol. The van der Waals surface area contributed by atoms with Crippen LogP contribution in [0.15, 0.2) is 41.5 Å². The Morgan fingerprint density at radius 1 is 1.23 bits per heavy atom. The van der Waals surface area contributed by atoms with Crippen LogP contribution in [-0.4, -0.2) is 46.3 Å². The maximum atomic E-state index is 11.3. The second-order valence-corrected chi connectivity index (χ2v) is 5.34. The van der Waals surface area contributed by atoms with E-state index in [-0.39, 0.29) is 5.56 Å². The Balaban J connectivity index is 1.58. The SMILES string of the molecule is O=c1cc(N2CCN(Cc3cccc(NO)c3)CC2)nc[nH]1. The van der Waals surface area contributed by atoms with E-state index in [1.165, 1.54) is 12.4 Å². The highest BCUT2D eigenvalue weighted by atomic mass is 16.5. The number of rotatable bonds is 4. The predicted molar refractivity (Wildman–Crippen MR) is 84.2 cm³/mol. The molecule has 0 amide bonds. The Kier molecular flexibility index (Phi) is 4.36. The molecule has 1 aromatic heterocycles. The Labute approximate surface area is 128 Å². The summed E-state index contributed by atoms with van der Waals surface area (Å²) in [5, 5.41) is 8.95. The van der Waals surface area contributed by atoms with E-state index in [0.717, 1.165) is 44.1 Å². The molecule has 0 bridgehead atoms. The van der Waals surface area contributed by atoms with Gasteiger partial charge in [-0.15, -0.1) is 0 Å². The zero-order chi connectivity index (χ0) is 15.4. The molecule has 1 aromatic carbocycles. The normalized spacial score (nSPS) is 15.8. The van der Waals surface area contributed by atoms with E-state index in [0.29, 0.717) is 5.69 Å². The lowest BCUT2D eigenvalue weighted by molar-refractivity contribution is 0.249. The van der Waals surface area contributed by atoms with E-state index in [1.807, 2.05) is 24.3 Å². The topological polar surface area (TPSA) is 84.5 Å². The van der Waals surface area contributed by atoms with Crippen LogP contribution in [0.25, 0.3) is 0 Å².